The molecule has 1 aromatic carbocycles. The Bertz CT molecular complexity index is 507. The number of nitro groups is 1. The van der Waals surface area contributed by atoms with Crippen molar-refractivity contribution in [3.8, 4) is 0 Å². The van der Waals surface area contributed by atoms with Crippen LogP contribution >= 0.6 is 11.6 Å². The maximum Gasteiger partial charge on any atom is 0.288 e. The van der Waals surface area contributed by atoms with Crippen molar-refractivity contribution in [3.63, 3.8) is 0 Å². The van der Waals surface area contributed by atoms with Crippen molar-refractivity contribution in [2.75, 3.05) is 25.0 Å². The quantitative estimate of drug-likeness (QED) is 0.668. The molecule has 0 amide bonds. The number of benzene rings is 1. The van der Waals surface area contributed by atoms with E-state index in [1.54, 1.807) is 6.07 Å². The van der Waals surface area contributed by atoms with Crippen LogP contribution in [0.15, 0.2) is 12.1 Å². The monoisotopic (exact) mass is 297 g/mol. The first kappa shape index (κ1) is 15.1. The first-order chi connectivity index (χ1) is 9.52. The zero-order valence-corrected chi connectivity index (χ0v) is 12.6. The molecule has 1 fully saturated rings. The molecular weight excluding hydrogens is 278 g/mol. The average molecular weight is 298 g/mol. The Hall–Kier alpha value is -1.33. The van der Waals surface area contributed by atoms with Gasteiger partial charge in [-0.1, -0.05) is 18.5 Å². The molecule has 110 valence electrons. The molecule has 0 aliphatic carbocycles. The Labute approximate surface area is 124 Å². The molecule has 1 saturated heterocycles. The van der Waals surface area contributed by atoms with Crippen molar-refractivity contribution in [2.24, 2.45) is 0 Å². The normalized spacial score (nSPS) is 19.2. The number of anilines is 1. The highest BCUT2D eigenvalue weighted by Gasteiger charge is 2.23. The number of halogens is 1. The van der Waals surface area contributed by atoms with Gasteiger partial charge in [0.1, 0.15) is 5.02 Å². The third-order valence-corrected chi connectivity index (χ3v) is 4.23. The predicted octanol–water partition coefficient (Wildman–Crippen LogP) is 3.45. The Morgan fingerprint density at radius 2 is 2.30 bits per heavy atom. The molecule has 0 spiro atoms. The van der Waals surface area contributed by atoms with Crippen LogP contribution in [0.5, 0.6) is 0 Å². The molecule has 1 heterocycles. The molecule has 1 aromatic rings. The van der Waals surface area contributed by atoms with Crippen molar-refractivity contribution in [1.82, 2.24) is 4.90 Å². The topological polar surface area (TPSA) is 58.4 Å². The maximum atomic E-state index is 10.8. The average Bonchev–Trinajstić information content (AvgIpc) is 2.86. The van der Waals surface area contributed by atoms with Crippen molar-refractivity contribution >= 4 is 23.0 Å². The van der Waals surface area contributed by atoms with Gasteiger partial charge in [0.05, 0.1) is 4.92 Å². The van der Waals surface area contributed by atoms with Gasteiger partial charge in [-0.2, -0.15) is 0 Å². The third kappa shape index (κ3) is 3.22. The summed E-state index contributed by atoms with van der Waals surface area (Å²) in [5.74, 6) is 0. The first-order valence-corrected chi connectivity index (χ1v) is 7.33. The van der Waals surface area contributed by atoms with Crippen LogP contribution in [0.2, 0.25) is 5.02 Å². The lowest BCUT2D eigenvalue weighted by atomic mass is 10.1. The number of hydrogen-bond acceptors (Lipinski definition) is 4. The Kier molecular flexibility index (Phi) is 4.83. The number of rotatable bonds is 5. The number of likely N-dealkylation sites (N-methyl/N-ethyl adjacent to an activating group) is 1. The van der Waals surface area contributed by atoms with Gasteiger partial charge in [0.15, 0.2) is 0 Å². The molecule has 0 saturated carbocycles. The fourth-order valence-corrected chi connectivity index (χ4v) is 3.00. The van der Waals surface area contributed by atoms with Gasteiger partial charge in [-0.15, -0.1) is 0 Å². The van der Waals surface area contributed by atoms with Crippen LogP contribution in [0.3, 0.4) is 0 Å². The highest BCUT2D eigenvalue weighted by molar-refractivity contribution is 6.33. The highest BCUT2D eigenvalue weighted by atomic mass is 35.5. The van der Waals surface area contributed by atoms with E-state index in [0.29, 0.717) is 6.04 Å². The van der Waals surface area contributed by atoms with Gasteiger partial charge >= 0.3 is 0 Å². The Morgan fingerprint density at radius 3 is 2.95 bits per heavy atom. The fourth-order valence-electron chi connectivity index (χ4n) is 2.77. The van der Waals surface area contributed by atoms with Gasteiger partial charge < -0.3 is 5.32 Å². The van der Waals surface area contributed by atoms with E-state index in [2.05, 4.69) is 17.1 Å². The summed E-state index contributed by atoms with van der Waals surface area (Å²) in [6, 6.07) is 3.71. The molecular formula is C14H20ClN3O2. The van der Waals surface area contributed by atoms with E-state index in [4.69, 9.17) is 11.6 Å². The molecule has 20 heavy (non-hydrogen) atoms. The molecule has 5 nitrogen and oxygen atoms in total. The summed E-state index contributed by atoms with van der Waals surface area (Å²) in [7, 11) is 0. The lowest BCUT2D eigenvalue weighted by molar-refractivity contribution is -0.384. The predicted molar refractivity (Wildman–Crippen MR) is 81.6 cm³/mol. The minimum atomic E-state index is -0.450. The second kappa shape index (κ2) is 6.41. The molecule has 1 atom stereocenters. The number of nitrogens with zero attached hydrogens (tertiary/aromatic N) is 2. The molecule has 1 aliphatic rings. The van der Waals surface area contributed by atoms with Crippen LogP contribution in [-0.2, 0) is 0 Å². The standard InChI is InChI=1S/C14H20ClN3O2/c1-3-17-6-4-5-11(17)9-16-13-8-12(15)14(18(19)20)7-10(13)2/h7-8,11,16H,3-6,9H2,1-2H3. The summed E-state index contributed by atoms with van der Waals surface area (Å²) in [5.41, 5.74) is 1.69. The van der Waals surface area contributed by atoms with Crippen LogP contribution in [0.4, 0.5) is 11.4 Å². The van der Waals surface area contributed by atoms with Gasteiger partial charge in [-0.05, 0) is 44.5 Å². The molecule has 1 N–H and O–H groups in total. The number of aryl methyl sites for hydroxylation is 1. The summed E-state index contributed by atoms with van der Waals surface area (Å²) in [6.45, 7) is 7.10. The van der Waals surface area contributed by atoms with E-state index in [0.717, 1.165) is 30.9 Å². The number of hydrogen-bond donors (Lipinski definition) is 1. The molecule has 2 rings (SSSR count). The van der Waals surface area contributed by atoms with Crippen molar-refractivity contribution < 1.29 is 4.92 Å². The first-order valence-electron chi connectivity index (χ1n) is 6.95. The van der Waals surface area contributed by atoms with Gasteiger partial charge in [0, 0.05) is 24.3 Å². The number of nitrogens with one attached hydrogen (secondary N) is 1. The van der Waals surface area contributed by atoms with Gasteiger partial charge in [0.2, 0.25) is 0 Å². The minimum absolute atomic E-state index is 0.0363. The zero-order chi connectivity index (χ0) is 14.7. The second-order valence-electron chi connectivity index (χ2n) is 5.18. The smallest absolute Gasteiger partial charge is 0.288 e. The van der Waals surface area contributed by atoms with Crippen molar-refractivity contribution in [3.05, 3.63) is 32.8 Å². The number of nitro benzene ring substituents is 1. The van der Waals surface area contributed by atoms with Gasteiger partial charge in [-0.25, -0.2) is 0 Å². The fraction of sp³-hybridized carbons (Fsp3) is 0.571. The molecule has 0 aromatic heterocycles. The summed E-state index contributed by atoms with van der Waals surface area (Å²) < 4.78 is 0. The van der Waals surface area contributed by atoms with Gasteiger partial charge in [-0.3, -0.25) is 15.0 Å². The van der Waals surface area contributed by atoms with Crippen LogP contribution in [0.25, 0.3) is 0 Å². The second-order valence-corrected chi connectivity index (χ2v) is 5.59. The highest BCUT2D eigenvalue weighted by Crippen LogP contribution is 2.30. The molecule has 1 aliphatic heterocycles. The van der Waals surface area contributed by atoms with Gasteiger partial charge in [0.25, 0.3) is 5.69 Å². The summed E-state index contributed by atoms with van der Waals surface area (Å²) >= 11 is 5.96. The van der Waals surface area contributed by atoms with E-state index in [1.165, 1.54) is 18.9 Å². The van der Waals surface area contributed by atoms with Crippen molar-refractivity contribution in [2.45, 2.75) is 32.7 Å². The minimum Gasteiger partial charge on any atom is -0.383 e. The third-order valence-electron chi connectivity index (χ3n) is 3.92. The van der Waals surface area contributed by atoms with E-state index in [9.17, 15) is 10.1 Å². The summed E-state index contributed by atoms with van der Waals surface area (Å²) in [6.07, 6.45) is 2.43. The van der Waals surface area contributed by atoms with E-state index in [-0.39, 0.29) is 10.7 Å². The molecule has 0 bridgehead atoms. The van der Waals surface area contributed by atoms with Crippen LogP contribution in [0, 0.1) is 17.0 Å². The molecule has 0 radical (unpaired) electrons. The lowest BCUT2D eigenvalue weighted by Crippen LogP contribution is -2.34. The lowest BCUT2D eigenvalue weighted by Gasteiger charge is -2.23. The largest absolute Gasteiger partial charge is 0.383 e. The number of likely N-dealkylation sites (tertiary alicyclic amines) is 1. The van der Waals surface area contributed by atoms with Crippen LogP contribution in [-0.4, -0.2) is 35.5 Å². The van der Waals surface area contributed by atoms with E-state index < -0.39 is 4.92 Å². The maximum absolute atomic E-state index is 10.8. The van der Waals surface area contributed by atoms with E-state index >= 15 is 0 Å². The van der Waals surface area contributed by atoms with Crippen LogP contribution in [0.1, 0.15) is 25.3 Å². The van der Waals surface area contributed by atoms with Crippen LogP contribution < -0.4 is 5.32 Å². The molecule has 6 heteroatoms. The SMILES string of the molecule is CCN1CCCC1CNc1cc(Cl)c([N+](=O)[O-])cc1C. The Balaban J connectivity index is 2.06. The molecule has 1 unspecified atom stereocenters. The van der Waals surface area contributed by atoms with Crippen molar-refractivity contribution in [1.29, 1.82) is 0 Å². The zero-order valence-electron chi connectivity index (χ0n) is 11.9. The summed E-state index contributed by atoms with van der Waals surface area (Å²) in [4.78, 5) is 12.8. The summed E-state index contributed by atoms with van der Waals surface area (Å²) in [5, 5.41) is 14.4. The van der Waals surface area contributed by atoms with E-state index in [1.807, 2.05) is 6.92 Å². The Morgan fingerprint density at radius 1 is 1.55 bits per heavy atom.